The second-order valence-electron chi connectivity index (χ2n) is 4.52. The van der Waals surface area contributed by atoms with Crippen LogP contribution in [-0.2, 0) is 6.54 Å². The Hall–Kier alpha value is -0.800. The van der Waals surface area contributed by atoms with Gasteiger partial charge in [-0.3, -0.25) is 0 Å². The molecule has 0 bridgehead atoms. The van der Waals surface area contributed by atoms with E-state index in [1.165, 1.54) is 18.4 Å². The van der Waals surface area contributed by atoms with E-state index in [1.807, 2.05) is 12.4 Å². The summed E-state index contributed by atoms with van der Waals surface area (Å²) in [6.45, 7) is 2.03. The molecule has 2 rings (SSSR count). The van der Waals surface area contributed by atoms with Gasteiger partial charge < -0.3 is 15.4 Å². The van der Waals surface area contributed by atoms with Crippen molar-refractivity contribution < 1.29 is 5.11 Å². The standard InChI is InChI=1S/C12H20N2O/c15-12-3-1-10(2-4-12)7-14-9-11-5-6-13-8-11/h5-6,8,10,12-15H,1-4,7,9H2. The van der Waals surface area contributed by atoms with Crippen LogP contribution in [0.15, 0.2) is 18.5 Å². The molecule has 1 aliphatic carbocycles. The Balaban J connectivity index is 1.62. The van der Waals surface area contributed by atoms with E-state index < -0.39 is 0 Å². The summed E-state index contributed by atoms with van der Waals surface area (Å²) >= 11 is 0. The fourth-order valence-corrected chi connectivity index (χ4v) is 2.24. The number of aliphatic hydroxyl groups excluding tert-OH is 1. The summed E-state index contributed by atoms with van der Waals surface area (Å²) in [7, 11) is 0. The highest BCUT2D eigenvalue weighted by Gasteiger charge is 2.18. The van der Waals surface area contributed by atoms with Gasteiger partial charge in [0.05, 0.1) is 6.10 Å². The van der Waals surface area contributed by atoms with Gasteiger partial charge in [0.1, 0.15) is 0 Å². The number of aromatic nitrogens is 1. The molecule has 1 aliphatic rings. The molecule has 84 valence electrons. The van der Waals surface area contributed by atoms with Gasteiger partial charge in [-0.2, -0.15) is 0 Å². The molecule has 0 amide bonds. The third-order valence-electron chi connectivity index (χ3n) is 3.24. The number of nitrogens with one attached hydrogen (secondary N) is 2. The highest BCUT2D eigenvalue weighted by Crippen LogP contribution is 2.23. The van der Waals surface area contributed by atoms with Crippen molar-refractivity contribution in [2.24, 2.45) is 5.92 Å². The molecule has 0 atom stereocenters. The average molecular weight is 208 g/mol. The summed E-state index contributed by atoms with van der Waals surface area (Å²) in [6, 6.07) is 2.09. The number of aliphatic hydroxyl groups is 1. The molecular weight excluding hydrogens is 188 g/mol. The van der Waals surface area contributed by atoms with Crippen LogP contribution in [0.1, 0.15) is 31.2 Å². The monoisotopic (exact) mass is 208 g/mol. The Bertz CT molecular complexity index is 263. The summed E-state index contributed by atoms with van der Waals surface area (Å²) in [5, 5.41) is 12.8. The van der Waals surface area contributed by atoms with E-state index in [0.717, 1.165) is 31.8 Å². The van der Waals surface area contributed by atoms with Gasteiger partial charge in [0.15, 0.2) is 0 Å². The minimum absolute atomic E-state index is 0.0362. The van der Waals surface area contributed by atoms with E-state index in [4.69, 9.17) is 0 Å². The van der Waals surface area contributed by atoms with Crippen molar-refractivity contribution in [1.29, 1.82) is 0 Å². The molecule has 15 heavy (non-hydrogen) atoms. The fraction of sp³-hybridized carbons (Fsp3) is 0.667. The fourth-order valence-electron chi connectivity index (χ4n) is 2.24. The molecule has 1 aromatic heterocycles. The van der Waals surface area contributed by atoms with E-state index in [2.05, 4.69) is 16.4 Å². The Morgan fingerprint density at radius 2 is 2.13 bits per heavy atom. The smallest absolute Gasteiger partial charge is 0.0540 e. The zero-order chi connectivity index (χ0) is 10.5. The maximum absolute atomic E-state index is 9.38. The van der Waals surface area contributed by atoms with Crippen LogP contribution in [0.5, 0.6) is 0 Å². The zero-order valence-corrected chi connectivity index (χ0v) is 9.08. The van der Waals surface area contributed by atoms with Gasteiger partial charge in [0.2, 0.25) is 0 Å². The molecule has 3 heteroatoms. The van der Waals surface area contributed by atoms with Gasteiger partial charge in [-0.05, 0) is 49.8 Å². The van der Waals surface area contributed by atoms with Crippen LogP contribution in [0, 0.1) is 5.92 Å². The lowest BCUT2D eigenvalue weighted by atomic mass is 9.87. The first kappa shape index (κ1) is 10.7. The van der Waals surface area contributed by atoms with Crippen molar-refractivity contribution in [1.82, 2.24) is 10.3 Å². The van der Waals surface area contributed by atoms with Crippen molar-refractivity contribution >= 4 is 0 Å². The van der Waals surface area contributed by atoms with E-state index >= 15 is 0 Å². The molecule has 0 aromatic carbocycles. The summed E-state index contributed by atoms with van der Waals surface area (Å²) in [5.74, 6) is 0.757. The van der Waals surface area contributed by atoms with Gasteiger partial charge in [-0.25, -0.2) is 0 Å². The largest absolute Gasteiger partial charge is 0.393 e. The second-order valence-corrected chi connectivity index (χ2v) is 4.52. The second kappa shape index (κ2) is 5.33. The lowest BCUT2D eigenvalue weighted by Crippen LogP contribution is -2.27. The minimum atomic E-state index is -0.0362. The third-order valence-corrected chi connectivity index (χ3v) is 3.24. The van der Waals surface area contributed by atoms with Gasteiger partial charge in [-0.15, -0.1) is 0 Å². The maximum Gasteiger partial charge on any atom is 0.0540 e. The quantitative estimate of drug-likeness (QED) is 0.704. The predicted molar refractivity (Wildman–Crippen MR) is 60.5 cm³/mol. The number of aromatic amines is 1. The summed E-state index contributed by atoms with van der Waals surface area (Å²) in [5.41, 5.74) is 1.31. The number of H-pyrrole nitrogens is 1. The summed E-state index contributed by atoms with van der Waals surface area (Å²) < 4.78 is 0. The molecule has 3 N–H and O–H groups in total. The molecule has 0 aliphatic heterocycles. The summed E-state index contributed by atoms with van der Waals surface area (Å²) in [4.78, 5) is 3.05. The van der Waals surface area contributed by atoms with Crippen LogP contribution in [0.4, 0.5) is 0 Å². The average Bonchev–Trinajstić information content (AvgIpc) is 2.74. The molecular formula is C12H20N2O. The first-order chi connectivity index (χ1) is 7.34. The molecule has 0 radical (unpaired) electrons. The number of rotatable bonds is 4. The van der Waals surface area contributed by atoms with E-state index in [9.17, 15) is 5.11 Å². The summed E-state index contributed by atoms with van der Waals surface area (Å²) in [6.07, 6.45) is 8.24. The van der Waals surface area contributed by atoms with Crippen molar-refractivity contribution in [3.63, 3.8) is 0 Å². The van der Waals surface area contributed by atoms with Crippen molar-refractivity contribution in [3.8, 4) is 0 Å². The molecule has 3 nitrogen and oxygen atoms in total. The van der Waals surface area contributed by atoms with Crippen LogP contribution >= 0.6 is 0 Å². The molecule has 1 aromatic rings. The maximum atomic E-state index is 9.38. The van der Waals surface area contributed by atoms with Gasteiger partial charge in [0.25, 0.3) is 0 Å². The molecule has 0 saturated heterocycles. The zero-order valence-electron chi connectivity index (χ0n) is 9.08. The normalized spacial score (nSPS) is 26.7. The minimum Gasteiger partial charge on any atom is -0.393 e. The van der Waals surface area contributed by atoms with Crippen molar-refractivity contribution in [2.45, 2.75) is 38.3 Å². The predicted octanol–water partition coefficient (Wildman–Crippen LogP) is 1.66. The Morgan fingerprint density at radius 3 is 2.80 bits per heavy atom. The number of hydrogen-bond acceptors (Lipinski definition) is 2. The number of hydrogen-bond donors (Lipinski definition) is 3. The molecule has 0 spiro atoms. The first-order valence-corrected chi connectivity index (χ1v) is 5.85. The molecule has 1 fully saturated rings. The molecule has 0 unspecified atom stereocenters. The highest BCUT2D eigenvalue weighted by atomic mass is 16.3. The van der Waals surface area contributed by atoms with Crippen LogP contribution in [0.3, 0.4) is 0 Å². The van der Waals surface area contributed by atoms with Crippen LogP contribution < -0.4 is 5.32 Å². The topological polar surface area (TPSA) is 48.0 Å². The van der Waals surface area contributed by atoms with Gasteiger partial charge in [-0.1, -0.05) is 0 Å². The van der Waals surface area contributed by atoms with Crippen LogP contribution in [-0.4, -0.2) is 22.7 Å². The van der Waals surface area contributed by atoms with E-state index in [0.29, 0.717) is 0 Å². The Labute approximate surface area is 90.9 Å². The first-order valence-electron chi connectivity index (χ1n) is 5.85. The molecule has 1 saturated carbocycles. The third kappa shape index (κ3) is 3.36. The van der Waals surface area contributed by atoms with Crippen LogP contribution in [0.2, 0.25) is 0 Å². The van der Waals surface area contributed by atoms with Crippen LogP contribution in [0.25, 0.3) is 0 Å². The Kier molecular flexibility index (Phi) is 3.80. The Morgan fingerprint density at radius 1 is 1.33 bits per heavy atom. The molecule has 1 heterocycles. The lowest BCUT2D eigenvalue weighted by Gasteiger charge is -2.25. The van der Waals surface area contributed by atoms with Gasteiger partial charge in [0, 0.05) is 18.9 Å². The lowest BCUT2D eigenvalue weighted by molar-refractivity contribution is 0.108. The van der Waals surface area contributed by atoms with Gasteiger partial charge >= 0.3 is 0 Å². The highest BCUT2D eigenvalue weighted by molar-refractivity contribution is 5.07. The van der Waals surface area contributed by atoms with E-state index in [-0.39, 0.29) is 6.10 Å². The SMILES string of the molecule is OC1CCC(CNCc2cc[nH]c2)CC1. The van der Waals surface area contributed by atoms with Crippen molar-refractivity contribution in [2.75, 3.05) is 6.54 Å². The van der Waals surface area contributed by atoms with E-state index in [1.54, 1.807) is 0 Å². The van der Waals surface area contributed by atoms with Crippen molar-refractivity contribution in [3.05, 3.63) is 24.0 Å².